The lowest BCUT2D eigenvalue weighted by Crippen LogP contribution is -2.20. The average molecular weight is 212 g/mol. The smallest absolute Gasteiger partial charge is 0.130 e. The van der Waals surface area contributed by atoms with Crippen LogP contribution in [0.5, 0.6) is 5.75 Å². The Balaban J connectivity index is 3.04. The third-order valence-corrected chi connectivity index (χ3v) is 2.64. The summed E-state index contributed by atoms with van der Waals surface area (Å²) in [7, 11) is 1.51. The molecular weight excluding hydrogens is 195 g/mol. The molecule has 84 valence electrons. The number of aliphatic hydroxyl groups is 1. The van der Waals surface area contributed by atoms with Crippen molar-refractivity contribution in [1.29, 1.82) is 0 Å². The predicted octanol–water partition coefficient (Wildman–Crippen LogP) is 2.49. The highest BCUT2D eigenvalue weighted by atomic mass is 19.1. The molecule has 1 rings (SSSR count). The Hall–Kier alpha value is -1.09. The summed E-state index contributed by atoms with van der Waals surface area (Å²) in [5.41, 5.74) is 0.253. The number of rotatable bonds is 4. The lowest BCUT2D eigenvalue weighted by molar-refractivity contribution is 0.250. The topological polar surface area (TPSA) is 29.5 Å². The molecule has 0 aliphatic rings. The molecule has 2 nitrogen and oxygen atoms in total. The van der Waals surface area contributed by atoms with Gasteiger partial charge in [0.15, 0.2) is 0 Å². The van der Waals surface area contributed by atoms with Gasteiger partial charge in [0.2, 0.25) is 0 Å². The minimum atomic E-state index is -0.356. The maximum Gasteiger partial charge on any atom is 0.130 e. The Labute approximate surface area is 89.7 Å². The Morgan fingerprint density at radius 3 is 2.53 bits per heavy atom. The zero-order valence-electron chi connectivity index (χ0n) is 9.38. The van der Waals surface area contributed by atoms with Crippen LogP contribution in [0.25, 0.3) is 0 Å². The first-order valence-corrected chi connectivity index (χ1v) is 4.96. The van der Waals surface area contributed by atoms with Crippen LogP contribution in [0.1, 0.15) is 25.8 Å². The minimum absolute atomic E-state index is 0.0540. The normalized spacial score (nSPS) is 11.5. The van der Waals surface area contributed by atoms with Gasteiger partial charge >= 0.3 is 0 Å². The van der Waals surface area contributed by atoms with Gasteiger partial charge in [-0.15, -0.1) is 0 Å². The Morgan fingerprint density at radius 2 is 2.07 bits per heavy atom. The van der Waals surface area contributed by atoms with E-state index in [0.29, 0.717) is 17.7 Å². The SMILES string of the molecule is COc1ccc(C(C)(C)CCO)c(F)c1. The molecule has 0 atom stereocenters. The van der Waals surface area contributed by atoms with E-state index in [1.807, 2.05) is 13.8 Å². The number of hydrogen-bond donors (Lipinski definition) is 1. The van der Waals surface area contributed by atoms with Crippen molar-refractivity contribution in [3.63, 3.8) is 0 Å². The van der Waals surface area contributed by atoms with E-state index in [-0.39, 0.29) is 17.8 Å². The van der Waals surface area contributed by atoms with Crippen LogP contribution in [0.2, 0.25) is 0 Å². The maximum atomic E-state index is 13.7. The lowest BCUT2D eigenvalue weighted by Gasteiger charge is -2.24. The van der Waals surface area contributed by atoms with Crippen LogP contribution in [-0.2, 0) is 5.41 Å². The molecule has 0 heterocycles. The van der Waals surface area contributed by atoms with Crippen LogP contribution in [0.4, 0.5) is 4.39 Å². The zero-order valence-corrected chi connectivity index (χ0v) is 9.38. The lowest BCUT2D eigenvalue weighted by atomic mass is 9.81. The molecule has 1 aromatic rings. The molecule has 0 saturated carbocycles. The Bertz CT molecular complexity index is 334. The second kappa shape index (κ2) is 4.62. The Morgan fingerprint density at radius 1 is 1.40 bits per heavy atom. The minimum Gasteiger partial charge on any atom is -0.497 e. The Kier molecular flexibility index (Phi) is 3.69. The van der Waals surface area contributed by atoms with Gasteiger partial charge in [0, 0.05) is 12.7 Å². The van der Waals surface area contributed by atoms with Crippen molar-refractivity contribution >= 4 is 0 Å². The molecule has 0 radical (unpaired) electrons. The van der Waals surface area contributed by atoms with Crippen LogP contribution >= 0.6 is 0 Å². The van der Waals surface area contributed by atoms with E-state index in [9.17, 15) is 4.39 Å². The first-order valence-electron chi connectivity index (χ1n) is 4.96. The van der Waals surface area contributed by atoms with Crippen molar-refractivity contribution in [3.8, 4) is 5.75 Å². The second-order valence-electron chi connectivity index (χ2n) is 4.20. The molecule has 0 fully saturated rings. The molecule has 0 aliphatic carbocycles. The third-order valence-electron chi connectivity index (χ3n) is 2.64. The summed E-state index contributed by atoms with van der Waals surface area (Å²) in [6.45, 7) is 3.88. The fourth-order valence-electron chi connectivity index (χ4n) is 1.59. The van der Waals surface area contributed by atoms with Gasteiger partial charge in [0.1, 0.15) is 11.6 Å². The van der Waals surface area contributed by atoms with Gasteiger partial charge in [0.05, 0.1) is 7.11 Å². The van der Waals surface area contributed by atoms with Crippen molar-refractivity contribution in [3.05, 3.63) is 29.6 Å². The van der Waals surface area contributed by atoms with Crippen molar-refractivity contribution < 1.29 is 14.2 Å². The highest BCUT2D eigenvalue weighted by molar-refractivity contribution is 5.33. The number of methoxy groups -OCH3 is 1. The molecule has 0 bridgehead atoms. The number of hydrogen-bond acceptors (Lipinski definition) is 2. The van der Waals surface area contributed by atoms with Gasteiger partial charge < -0.3 is 9.84 Å². The van der Waals surface area contributed by atoms with Gasteiger partial charge in [-0.05, 0) is 23.5 Å². The number of aliphatic hydroxyl groups excluding tert-OH is 1. The van der Waals surface area contributed by atoms with E-state index in [1.165, 1.54) is 13.2 Å². The first-order chi connectivity index (χ1) is 7.01. The van der Waals surface area contributed by atoms with E-state index in [2.05, 4.69) is 0 Å². The van der Waals surface area contributed by atoms with Crippen molar-refractivity contribution in [2.75, 3.05) is 13.7 Å². The highest BCUT2D eigenvalue weighted by Gasteiger charge is 2.23. The fourth-order valence-corrected chi connectivity index (χ4v) is 1.59. The summed E-state index contributed by atoms with van der Waals surface area (Å²) in [6.07, 6.45) is 0.538. The van der Waals surface area contributed by atoms with Gasteiger partial charge in [-0.3, -0.25) is 0 Å². The monoisotopic (exact) mass is 212 g/mol. The van der Waals surface area contributed by atoms with Gasteiger partial charge in [0.25, 0.3) is 0 Å². The van der Waals surface area contributed by atoms with Crippen LogP contribution in [0.3, 0.4) is 0 Å². The van der Waals surface area contributed by atoms with Crippen molar-refractivity contribution in [1.82, 2.24) is 0 Å². The van der Waals surface area contributed by atoms with Crippen molar-refractivity contribution in [2.24, 2.45) is 0 Å². The highest BCUT2D eigenvalue weighted by Crippen LogP contribution is 2.30. The zero-order chi connectivity index (χ0) is 11.5. The van der Waals surface area contributed by atoms with E-state index in [1.54, 1.807) is 12.1 Å². The summed E-state index contributed by atoms with van der Waals surface area (Å²) in [5, 5.41) is 8.91. The standard InChI is InChI=1S/C12H17FO2/c1-12(2,6-7-14)10-5-4-9(15-3)8-11(10)13/h4-5,8,14H,6-7H2,1-3H3. The van der Waals surface area contributed by atoms with Gasteiger partial charge in [-0.1, -0.05) is 19.9 Å². The molecular formula is C12H17FO2. The third kappa shape index (κ3) is 2.69. The molecule has 15 heavy (non-hydrogen) atoms. The summed E-state index contributed by atoms with van der Waals surface area (Å²) in [4.78, 5) is 0. The number of ether oxygens (including phenoxy) is 1. The van der Waals surface area contributed by atoms with Crippen LogP contribution in [0.15, 0.2) is 18.2 Å². The van der Waals surface area contributed by atoms with E-state index >= 15 is 0 Å². The molecule has 1 N–H and O–H groups in total. The first kappa shape index (κ1) is 12.0. The van der Waals surface area contributed by atoms with Crippen LogP contribution in [-0.4, -0.2) is 18.8 Å². The van der Waals surface area contributed by atoms with Crippen LogP contribution in [0, 0.1) is 5.82 Å². The molecule has 0 spiro atoms. The predicted molar refractivity (Wildman–Crippen MR) is 57.7 cm³/mol. The quantitative estimate of drug-likeness (QED) is 0.830. The van der Waals surface area contributed by atoms with E-state index in [0.717, 1.165) is 0 Å². The molecule has 0 amide bonds. The summed E-state index contributed by atoms with van der Waals surface area (Å²) in [5.74, 6) is 0.226. The maximum absolute atomic E-state index is 13.7. The van der Waals surface area contributed by atoms with Crippen LogP contribution < -0.4 is 4.74 Å². The van der Waals surface area contributed by atoms with Gasteiger partial charge in [-0.25, -0.2) is 4.39 Å². The largest absolute Gasteiger partial charge is 0.497 e. The number of halogens is 1. The molecule has 0 aliphatic heterocycles. The summed E-state index contributed by atoms with van der Waals surface area (Å²) >= 11 is 0. The van der Waals surface area contributed by atoms with E-state index in [4.69, 9.17) is 9.84 Å². The van der Waals surface area contributed by atoms with E-state index < -0.39 is 0 Å². The van der Waals surface area contributed by atoms with Gasteiger partial charge in [-0.2, -0.15) is 0 Å². The summed E-state index contributed by atoms with van der Waals surface area (Å²) in [6, 6.07) is 4.82. The molecule has 0 unspecified atom stereocenters. The molecule has 1 aromatic carbocycles. The fraction of sp³-hybridized carbons (Fsp3) is 0.500. The molecule has 0 saturated heterocycles. The van der Waals surface area contributed by atoms with Crippen molar-refractivity contribution in [2.45, 2.75) is 25.7 Å². The molecule has 0 aromatic heterocycles. The molecule has 3 heteroatoms. The number of benzene rings is 1. The summed E-state index contributed by atoms with van der Waals surface area (Å²) < 4.78 is 18.6. The second-order valence-corrected chi connectivity index (χ2v) is 4.20. The average Bonchev–Trinajstić information content (AvgIpc) is 2.17.